The highest BCUT2D eigenvalue weighted by Crippen LogP contribution is 2.35. The van der Waals surface area contributed by atoms with Gasteiger partial charge in [0.1, 0.15) is 5.75 Å². The molecular formula is C17H23N3O. The van der Waals surface area contributed by atoms with E-state index in [4.69, 9.17) is 4.74 Å². The van der Waals surface area contributed by atoms with Crippen molar-refractivity contribution < 1.29 is 4.74 Å². The number of aromatic nitrogens is 2. The normalized spacial score (nSPS) is 18.8. The van der Waals surface area contributed by atoms with Crippen molar-refractivity contribution in [3.63, 3.8) is 0 Å². The molecule has 0 spiro atoms. The molecule has 2 aromatic rings. The van der Waals surface area contributed by atoms with Crippen LogP contribution in [0.4, 0.5) is 0 Å². The third-order valence-electron chi connectivity index (χ3n) is 4.28. The maximum Gasteiger partial charge on any atom is 0.119 e. The molecule has 0 saturated carbocycles. The van der Waals surface area contributed by atoms with Crippen LogP contribution in [0.25, 0.3) is 0 Å². The lowest BCUT2D eigenvalue weighted by Crippen LogP contribution is -2.40. The van der Waals surface area contributed by atoms with E-state index in [1.165, 1.54) is 17.7 Å². The summed E-state index contributed by atoms with van der Waals surface area (Å²) in [6.07, 6.45) is 5.13. The number of rotatable bonds is 5. The molecule has 0 aliphatic carbocycles. The predicted molar refractivity (Wildman–Crippen MR) is 83.4 cm³/mol. The molecule has 1 aromatic heterocycles. The largest absolute Gasteiger partial charge is 0.497 e. The Kier molecular flexibility index (Phi) is 3.97. The number of ether oxygens (including phenoxy) is 1. The highest BCUT2D eigenvalue weighted by Gasteiger charge is 2.30. The van der Waals surface area contributed by atoms with Gasteiger partial charge in [-0.05, 0) is 38.0 Å². The molecular weight excluding hydrogens is 262 g/mol. The molecule has 112 valence electrons. The van der Waals surface area contributed by atoms with E-state index in [9.17, 15) is 0 Å². The van der Waals surface area contributed by atoms with Crippen molar-refractivity contribution in [2.24, 2.45) is 0 Å². The lowest BCUT2D eigenvalue weighted by molar-refractivity contribution is 0.0785. The summed E-state index contributed by atoms with van der Waals surface area (Å²) in [5.41, 5.74) is 2.63. The monoisotopic (exact) mass is 285 g/mol. The van der Waals surface area contributed by atoms with Crippen molar-refractivity contribution in [3.8, 4) is 5.75 Å². The zero-order valence-electron chi connectivity index (χ0n) is 13.0. The van der Waals surface area contributed by atoms with E-state index in [1.807, 2.05) is 18.6 Å². The summed E-state index contributed by atoms with van der Waals surface area (Å²) in [6, 6.07) is 9.37. The summed E-state index contributed by atoms with van der Waals surface area (Å²) < 4.78 is 7.58. The highest BCUT2D eigenvalue weighted by molar-refractivity contribution is 5.31. The molecule has 0 amide bonds. The molecule has 1 aliphatic heterocycles. The number of imidazole rings is 1. The van der Waals surface area contributed by atoms with E-state index < -0.39 is 0 Å². The molecule has 2 heterocycles. The van der Waals surface area contributed by atoms with Crippen molar-refractivity contribution in [1.82, 2.24) is 14.5 Å². The molecule has 1 aliphatic rings. The first-order valence-corrected chi connectivity index (χ1v) is 7.57. The van der Waals surface area contributed by atoms with E-state index in [2.05, 4.69) is 46.5 Å². The Morgan fingerprint density at radius 1 is 1.38 bits per heavy atom. The van der Waals surface area contributed by atoms with Crippen molar-refractivity contribution in [2.45, 2.75) is 38.9 Å². The first kappa shape index (κ1) is 14.1. The number of hydrogen-bond donors (Lipinski definition) is 0. The number of likely N-dealkylation sites (tertiary alicyclic amines) is 1. The molecule has 4 heteroatoms. The zero-order chi connectivity index (χ0) is 14.8. The number of methoxy groups -OCH3 is 1. The summed E-state index contributed by atoms with van der Waals surface area (Å²) in [7, 11) is 1.72. The van der Waals surface area contributed by atoms with Crippen molar-refractivity contribution >= 4 is 0 Å². The van der Waals surface area contributed by atoms with Gasteiger partial charge in [-0.25, -0.2) is 4.98 Å². The molecule has 0 unspecified atom stereocenters. The van der Waals surface area contributed by atoms with Crippen LogP contribution in [0.5, 0.6) is 5.75 Å². The second kappa shape index (κ2) is 5.90. The Morgan fingerprint density at radius 3 is 2.90 bits per heavy atom. The van der Waals surface area contributed by atoms with Gasteiger partial charge in [0.25, 0.3) is 0 Å². The SMILES string of the molecule is COc1cccc([C@H]2CCN2Cc2cncn2C(C)C)c1. The number of nitrogens with zero attached hydrogens (tertiary/aromatic N) is 3. The second-order valence-electron chi connectivity index (χ2n) is 5.94. The van der Waals surface area contributed by atoms with Crippen LogP contribution in [-0.4, -0.2) is 28.1 Å². The summed E-state index contributed by atoms with van der Waals surface area (Å²) in [4.78, 5) is 6.80. The van der Waals surface area contributed by atoms with Gasteiger partial charge < -0.3 is 9.30 Å². The zero-order valence-corrected chi connectivity index (χ0v) is 13.0. The van der Waals surface area contributed by atoms with Gasteiger partial charge in [0.15, 0.2) is 0 Å². The van der Waals surface area contributed by atoms with E-state index >= 15 is 0 Å². The summed E-state index contributed by atoms with van der Waals surface area (Å²) in [5.74, 6) is 0.937. The molecule has 1 saturated heterocycles. The first-order valence-electron chi connectivity index (χ1n) is 7.57. The number of hydrogen-bond acceptors (Lipinski definition) is 3. The van der Waals surface area contributed by atoms with Gasteiger partial charge in [0, 0.05) is 31.4 Å². The van der Waals surface area contributed by atoms with Crippen LogP contribution in [0.15, 0.2) is 36.8 Å². The van der Waals surface area contributed by atoms with E-state index in [-0.39, 0.29) is 0 Å². The van der Waals surface area contributed by atoms with Gasteiger partial charge in [-0.3, -0.25) is 4.90 Å². The molecule has 0 radical (unpaired) electrons. The quantitative estimate of drug-likeness (QED) is 0.843. The van der Waals surface area contributed by atoms with Gasteiger partial charge in [-0.15, -0.1) is 0 Å². The smallest absolute Gasteiger partial charge is 0.119 e. The summed E-state index contributed by atoms with van der Waals surface area (Å²) in [6.45, 7) is 6.49. The van der Waals surface area contributed by atoms with Crippen LogP contribution in [0.2, 0.25) is 0 Å². The standard InChI is InChI=1S/C17H23N3O/c1-13(2)20-12-18-10-15(20)11-19-8-7-17(19)14-5-4-6-16(9-14)21-3/h4-6,9-10,12-13,17H,7-8,11H2,1-3H3/t17-/m1/s1. The predicted octanol–water partition coefficient (Wildman–Crippen LogP) is 3.42. The second-order valence-corrected chi connectivity index (χ2v) is 5.94. The lowest BCUT2D eigenvalue weighted by Gasteiger charge is -2.41. The van der Waals surface area contributed by atoms with E-state index in [0.29, 0.717) is 12.1 Å². The van der Waals surface area contributed by atoms with Crippen LogP contribution in [0.3, 0.4) is 0 Å². The first-order chi connectivity index (χ1) is 10.2. The van der Waals surface area contributed by atoms with Gasteiger partial charge in [-0.2, -0.15) is 0 Å². The third-order valence-corrected chi connectivity index (χ3v) is 4.28. The van der Waals surface area contributed by atoms with Crippen molar-refractivity contribution in [3.05, 3.63) is 48.0 Å². The van der Waals surface area contributed by atoms with Gasteiger partial charge in [0.05, 0.1) is 19.1 Å². The summed E-state index contributed by atoms with van der Waals surface area (Å²) >= 11 is 0. The maximum absolute atomic E-state index is 5.33. The highest BCUT2D eigenvalue weighted by atomic mass is 16.5. The van der Waals surface area contributed by atoms with E-state index in [1.54, 1.807) is 7.11 Å². The van der Waals surface area contributed by atoms with Crippen LogP contribution in [0, 0.1) is 0 Å². The Balaban J connectivity index is 1.73. The molecule has 1 fully saturated rings. The Hall–Kier alpha value is -1.81. The van der Waals surface area contributed by atoms with E-state index in [0.717, 1.165) is 18.8 Å². The molecule has 21 heavy (non-hydrogen) atoms. The average Bonchev–Trinajstić information content (AvgIpc) is 2.92. The lowest BCUT2D eigenvalue weighted by atomic mass is 9.94. The van der Waals surface area contributed by atoms with Crippen LogP contribution < -0.4 is 4.74 Å². The van der Waals surface area contributed by atoms with Crippen LogP contribution >= 0.6 is 0 Å². The molecule has 1 atom stereocenters. The Bertz CT molecular complexity index is 606. The molecule has 0 N–H and O–H groups in total. The summed E-state index contributed by atoms with van der Waals surface area (Å²) in [5, 5.41) is 0. The fourth-order valence-electron chi connectivity index (χ4n) is 2.98. The minimum Gasteiger partial charge on any atom is -0.497 e. The molecule has 3 rings (SSSR count). The topological polar surface area (TPSA) is 30.3 Å². The fraction of sp³-hybridized carbons (Fsp3) is 0.471. The van der Waals surface area contributed by atoms with Crippen molar-refractivity contribution in [1.29, 1.82) is 0 Å². The van der Waals surface area contributed by atoms with Gasteiger partial charge in [-0.1, -0.05) is 12.1 Å². The average molecular weight is 285 g/mol. The third kappa shape index (κ3) is 2.81. The Morgan fingerprint density at radius 2 is 2.24 bits per heavy atom. The fourth-order valence-corrected chi connectivity index (χ4v) is 2.98. The molecule has 4 nitrogen and oxygen atoms in total. The number of benzene rings is 1. The minimum atomic E-state index is 0.457. The molecule has 0 bridgehead atoms. The van der Waals surface area contributed by atoms with Crippen LogP contribution in [-0.2, 0) is 6.54 Å². The minimum absolute atomic E-state index is 0.457. The van der Waals surface area contributed by atoms with Gasteiger partial charge in [0.2, 0.25) is 0 Å². The van der Waals surface area contributed by atoms with Crippen molar-refractivity contribution in [2.75, 3.05) is 13.7 Å². The van der Waals surface area contributed by atoms with Gasteiger partial charge >= 0.3 is 0 Å². The Labute approximate surface area is 126 Å². The molecule has 1 aromatic carbocycles. The maximum atomic E-state index is 5.33. The van der Waals surface area contributed by atoms with Crippen LogP contribution in [0.1, 0.15) is 43.6 Å².